The summed E-state index contributed by atoms with van der Waals surface area (Å²) in [6.45, 7) is 6.97. The van der Waals surface area contributed by atoms with Crippen molar-refractivity contribution in [1.82, 2.24) is 4.98 Å². The minimum Gasteiger partial charge on any atom is -0.491 e. The molecular formula is C15H20N2OS. The number of ether oxygens (including phenoxy) is 1. The van der Waals surface area contributed by atoms with Crippen molar-refractivity contribution in [1.29, 1.82) is 0 Å². The quantitative estimate of drug-likeness (QED) is 0.658. The molecule has 4 heteroatoms. The van der Waals surface area contributed by atoms with E-state index >= 15 is 0 Å². The van der Waals surface area contributed by atoms with Crippen LogP contribution in [0, 0.1) is 13.8 Å². The highest BCUT2D eigenvalue weighted by Gasteiger charge is 2.08. The van der Waals surface area contributed by atoms with Crippen molar-refractivity contribution in [2.45, 2.75) is 33.6 Å². The van der Waals surface area contributed by atoms with Gasteiger partial charge in [0.2, 0.25) is 0 Å². The standard InChI is InChI=1S/C15H20N2OS/c1-4-5-8-18-14-7-6-12(9-13(14)16)15-17-10(2)11(3)19-15/h6-7,9H,4-5,8,16H2,1-3H3. The molecule has 0 fully saturated rings. The summed E-state index contributed by atoms with van der Waals surface area (Å²) in [6, 6.07) is 5.90. The van der Waals surface area contributed by atoms with Gasteiger partial charge in [-0.2, -0.15) is 0 Å². The van der Waals surface area contributed by atoms with Crippen molar-refractivity contribution >= 4 is 17.0 Å². The minimum absolute atomic E-state index is 0.680. The van der Waals surface area contributed by atoms with E-state index in [1.54, 1.807) is 11.3 Å². The fraction of sp³-hybridized carbons (Fsp3) is 0.400. The Kier molecular flexibility index (Phi) is 4.43. The summed E-state index contributed by atoms with van der Waals surface area (Å²) in [7, 11) is 0. The van der Waals surface area contributed by atoms with Gasteiger partial charge in [0.25, 0.3) is 0 Å². The molecule has 0 aliphatic carbocycles. The first-order valence-electron chi connectivity index (χ1n) is 6.58. The van der Waals surface area contributed by atoms with E-state index in [1.165, 1.54) is 4.88 Å². The highest BCUT2D eigenvalue weighted by Crippen LogP contribution is 2.32. The molecule has 2 N–H and O–H groups in total. The van der Waals surface area contributed by atoms with Gasteiger partial charge >= 0.3 is 0 Å². The zero-order valence-corrected chi connectivity index (χ0v) is 12.5. The third-order valence-corrected chi connectivity index (χ3v) is 4.16. The van der Waals surface area contributed by atoms with Gasteiger partial charge in [-0.3, -0.25) is 0 Å². The molecule has 0 amide bonds. The van der Waals surface area contributed by atoms with Gasteiger partial charge in [0.15, 0.2) is 0 Å². The van der Waals surface area contributed by atoms with Crippen molar-refractivity contribution < 1.29 is 4.74 Å². The van der Waals surface area contributed by atoms with Gasteiger partial charge in [0.05, 0.1) is 18.0 Å². The molecule has 0 aliphatic heterocycles. The number of rotatable bonds is 5. The van der Waals surface area contributed by atoms with E-state index < -0.39 is 0 Å². The second-order valence-corrected chi connectivity index (χ2v) is 5.82. The number of benzene rings is 1. The molecule has 0 radical (unpaired) electrons. The van der Waals surface area contributed by atoms with Crippen LogP contribution in [0.1, 0.15) is 30.3 Å². The molecule has 19 heavy (non-hydrogen) atoms. The van der Waals surface area contributed by atoms with Gasteiger partial charge in [-0.05, 0) is 38.5 Å². The average Bonchev–Trinajstić information content (AvgIpc) is 2.72. The van der Waals surface area contributed by atoms with Gasteiger partial charge in [-0.25, -0.2) is 4.98 Å². The van der Waals surface area contributed by atoms with E-state index in [1.807, 2.05) is 25.1 Å². The van der Waals surface area contributed by atoms with Crippen LogP contribution in [0.25, 0.3) is 10.6 Å². The lowest BCUT2D eigenvalue weighted by Crippen LogP contribution is -1.99. The molecule has 0 saturated carbocycles. The predicted molar refractivity (Wildman–Crippen MR) is 81.8 cm³/mol. The van der Waals surface area contributed by atoms with Crippen LogP contribution in [0.5, 0.6) is 5.75 Å². The summed E-state index contributed by atoms with van der Waals surface area (Å²) in [5.74, 6) is 0.766. The maximum atomic E-state index is 6.04. The van der Waals surface area contributed by atoms with Gasteiger partial charge in [0.1, 0.15) is 10.8 Å². The molecule has 3 nitrogen and oxygen atoms in total. The molecule has 1 aromatic heterocycles. The SMILES string of the molecule is CCCCOc1ccc(-c2nc(C)c(C)s2)cc1N. The third-order valence-electron chi connectivity index (χ3n) is 3.04. The number of thiazole rings is 1. The lowest BCUT2D eigenvalue weighted by Gasteiger charge is -2.09. The molecule has 0 aliphatic rings. The van der Waals surface area contributed by atoms with Crippen LogP contribution < -0.4 is 10.5 Å². The Morgan fingerprint density at radius 1 is 1.32 bits per heavy atom. The number of unbranched alkanes of at least 4 members (excludes halogenated alkanes) is 1. The van der Waals surface area contributed by atoms with E-state index in [0.717, 1.165) is 41.5 Å². The lowest BCUT2D eigenvalue weighted by molar-refractivity contribution is 0.311. The van der Waals surface area contributed by atoms with Crippen molar-refractivity contribution in [2.75, 3.05) is 12.3 Å². The fourth-order valence-corrected chi connectivity index (χ4v) is 2.65. The number of aryl methyl sites for hydroxylation is 2. The molecular weight excluding hydrogens is 256 g/mol. The van der Waals surface area contributed by atoms with Crippen LogP contribution >= 0.6 is 11.3 Å². The number of aromatic nitrogens is 1. The summed E-state index contributed by atoms with van der Waals surface area (Å²) in [4.78, 5) is 5.80. The number of hydrogen-bond acceptors (Lipinski definition) is 4. The van der Waals surface area contributed by atoms with E-state index in [4.69, 9.17) is 10.5 Å². The van der Waals surface area contributed by atoms with E-state index in [-0.39, 0.29) is 0 Å². The molecule has 0 unspecified atom stereocenters. The van der Waals surface area contributed by atoms with Crippen LogP contribution in [0.4, 0.5) is 5.69 Å². The van der Waals surface area contributed by atoms with Crippen molar-refractivity contribution in [3.8, 4) is 16.3 Å². The van der Waals surface area contributed by atoms with Gasteiger partial charge in [-0.1, -0.05) is 13.3 Å². The smallest absolute Gasteiger partial charge is 0.142 e. The topological polar surface area (TPSA) is 48.1 Å². The van der Waals surface area contributed by atoms with E-state index in [2.05, 4.69) is 18.8 Å². The molecule has 102 valence electrons. The van der Waals surface area contributed by atoms with E-state index in [9.17, 15) is 0 Å². The van der Waals surface area contributed by atoms with Crippen LogP contribution in [-0.2, 0) is 0 Å². The summed E-state index contributed by atoms with van der Waals surface area (Å²) >= 11 is 1.70. The van der Waals surface area contributed by atoms with Crippen molar-refractivity contribution in [3.05, 3.63) is 28.8 Å². The summed E-state index contributed by atoms with van der Waals surface area (Å²) < 4.78 is 5.65. The Bertz CT molecular complexity index is 544. The lowest BCUT2D eigenvalue weighted by atomic mass is 10.2. The van der Waals surface area contributed by atoms with Crippen LogP contribution in [-0.4, -0.2) is 11.6 Å². The van der Waals surface area contributed by atoms with Crippen molar-refractivity contribution in [3.63, 3.8) is 0 Å². The number of nitrogens with zero attached hydrogens (tertiary/aromatic N) is 1. The highest BCUT2D eigenvalue weighted by atomic mass is 32.1. The maximum absolute atomic E-state index is 6.04. The Morgan fingerprint density at radius 3 is 2.68 bits per heavy atom. The largest absolute Gasteiger partial charge is 0.491 e. The first-order chi connectivity index (χ1) is 9.11. The monoisotopic (exact) mass is 276 g/mol. The molecule has 1 aromatic carbocycles. The Morgan fingerprint density at radius 2 is 2.11 bits per heavy atom. The molecule has 0 bridgehead atoms. The third kappa shape index (κ3) is 3.26. The predicted octanol–water partition coefficient (Wildman–Crippen LogP) is 4.19. The Balaban J connectivity index is 2.18. The second kappa shape index (κ2) is 6.06. The minimum atomic E-state index is 0.680. The summed E-state index contributed by atoms with van der Waals surface area (Å²) in [5.41, 5.74) is 8.86. The van der Waals surface area contributed by atoms with Gasteiger partial charge in [0, 0.05) is 10.4 Å². The maximum Gasteiger partial charge on any atom is 0.142 e. The highest BCUT2D eigenvalue weighted by molar-refractivity contribution is 7.15. The number of hydrogen-bond donors (Lipinski definition) is 1. The number of nitrogens with two attached hydrogens (primary N) is 1. The Hall–Kier alpha value is -1.55. The molecule has 2 aromatic rings. The molecule has 1 heterocycles. The molecule has 0 spiro atoms. The first-order valence-corrected chi connectivity index (χ1v) is 7.40. The number of nitrogen functional groups attached to an aromatic ring is 1. The van der Waals surface area contributed by atoms with Gasteiger partial charge < -0.3 is 10.5 Å². The molecule has 2 rings (SSSR count). The molecule has 0 saturated heterocycles. The van der Waals surface area contributed by atoms with Crippen LogP contribution in [0.15, 0.2) is 18.2 Å². The second-order valence-electron chi connectivity index (χ2n) is 4.62. The summed E-state index contributed by atoms with van der Waals surface area (Å²) in [6.07, 6.45) is 2.17. The van der Waals surface area contributed by atoms with E-state index in [0.29, 0.717) is 5.69 Å². The van der Waals surface area contributed by atoms with Crippen LogP contribution in [0.3, 0.4) is 0 Å². The molecule has 0 atom stereocenters. The zero-order chi connectivity index (χ0) is 13.8. The first kappa shape index (κ1) is 13.9. The normalized spacial score (nSPS) is 10.7. The fourth-order valence-electron chi connectivity index (χ4n) is 1.74. The number of anilines is 1. The Labute approximate surface area is 118 Å². The van der Waals surface area contributed by atoms with Crippen molar-refractivity contribution in [2.24, 2.45) is 0 Å². The summed E-state index contributed by atoms with van der Waals surface area (Å²) in [5, 5.41) is 1.02. The van der Waals surface area contributed by atoms with Gasteiger partial charge in [-0.15, -0.1) is 11.3 Å². The zero-order valence-electron chi connectivity index (χ0n) is 11.7. The average molecular weight is 276 g/mol. The van der Waals surface area contributed by atoms with Crippen LogP contribution in [0.2, 0.25) is 0 Å².